The number of hydrogen-bond acceptors (Lipinski definition) is 3. The van der Waals surface area contributed by atoms with Crippen molar-refractivity contribution in [2.24, 2.45) is 0 Å². The van der Waals surface area contributed by atoms with E-state index in [1.807, 2.05) is 65.6 Å². The molecular weight excluding hydrogens is 302 g/mol. The lowest BCUT2D eigenvalue weighted by molar-refractivity contribution is -0.135. The van der Waals surface area contributed by atoms with Crippen molar-refractivity contribution in [3.05, 3.63) is 66.2 Å². The molecule has 2 aromatic rings. The van der Waals surface area contributed by atoms with E-state index in [1.165, 1.54) is 0 Å². The zero-order valence-corrected chi connectivity index (χ0v) is 13.7. The van der Waals surface area contributed by atoms with Crippen molar-refractivity contribution in [3.63, 3.8) is 0 Å². The van der Waals surface area contributed by atoms with E-state index in [4.69, 9.17) is 4.74 Å². The fraction of sp³-hybridized carbons (Fsp3) is 0.350. The lowest BCUT2D eigenvalue weighted by Gasteiger charge is -2.38. The van der Waals surface area contributed by atoms with Crippen molar-refractivity contribution in [2.75, 3.05) is 19.7 Å². The molecule has 126 valence electrons. The van der Waals surface area contributed by atoms with Crippen LogP contribution in [-0.2, 0) is 11.2 Å². The van der Waals surface area contributed by atoms with Crippen LogP contribution in [0.3, 0.4) is 0 Å². The van der Waals surface area contributed by atoms with Gasteiger partial charge in [-0.05, 0) is 30.5 Å². The Balaban J connectivity index is 1.48. The minimum atomic E-state index is -0.862. The highest BCUT2D eigenvalue weighted by Gasteiger charge is 2.34. The minimum absolute atomic E-state index is 0.118. The molecule has 1 fully saturated rings. The molecule has 0 unspecified atom stereocenters. The van der Waals surface area contributed by atoms with Crippen LogP contribution in [0, 0.1) is 0 Å². The Hall–Kier alpha value is -2.33. The maximum atomic E-state index is 12.4. The number of ether oxygens (including phenoxy) is 1. The van der Waals surface area contributed by atoms with E-state index in [1.54, 1.807) is 0 Å². The fourth-order valence-corrected chi connectivity index (χ4v) is 2.93. The molecule has 4 heteroatoms. The molecule has 4 nitrogen and oxygen atoms in total. The van der Waals surface area contributed by atoms with Crippen LogP contribution < -0.4 is 4.74 Å². The van der Waals surface area contributed by atoms with Gasteiger partial charge >= 0.3 is 0 Å². The van der Waals surface area contributed by atoms with Crippen molar-refractivity contribution in [2.45, 2.75) is 24.9 Å². The summed E-state index contributed by atoms with van der Waals surface area (Å²) in [5.74, 6) is 0.876. The van der Waals surface area contributed by atoms with Gasteiger partial charge in [-0.15, -0.1) is 0 Å². The topological polar surface area (TPSA) is 49.8 Å². The van der Waals surface area contributed by atoms with Crippen LogP contribution in [0.25, 0.3) is 0 Å². The van der Waals surface area contributed by atoms with Gasteiger partial charge in [-0.25, -0.2) is 0 Å². The second kappa shape index (κ2) is 7.49. The Morgan fingerprint density at radius 3 is 2.21 bits per heavy atom. The second-order valence-electron chi connectivity index (χ2n) is 6.37. The van der Waals surface area contributed by atoms with E-state index in [9.17, 15) is 9.90 Å². The van der Waals surface area contributed by atoms with E-state index >= 15 is 0 Å². The van der Waals surface area contributed by atoms with Gasteiger partial charge in [-0.1, -0.05) is 48.5 Å². The Bertz CT molecular complexity index is 649. The number of rotatable bonds is 5. The molecule has 1 heterocycles. The molecule has 0 radical (unpaired) electrons. The summed E-state index contributed by atoms with van der Waals surface area (Å²) < 4.78 is 5.69. The number of piperidine rings is 1. The van der Waals surface area contributed by atoms with Crippen molar-refractivity contribution < 1.29 is 14.6 Å². The molecule has 1 aliphatic rings. The Kier molecular flexibility index (Phi) is 5.16. The molecule has 0 spiro atoms. The summed E-state index contributed by atoms with van der Waals surface area (Å²) >= 11 is 0. The first kappa shape index (κ1) is 16.5. The third kappa shape index (κ3) is 4.36. The lowest BCUT2D eigenvalue weighted by Crippen LogP contribution is -2.49. The average molecular weight is 325 g/mol. The average Bonchev–Trinajstić information content (AvgIpc) is 2.62. The molecule has 1 N–H and O–H groups in total. The van der Waals surface area contributed by atoms with Crippen LogP contribution in [0.4, 0.5) is 0 Å². The van der Waals surface area contributed by atoms with Crippen molar-refractivity contribution in [1.82, 2.24) is 4.90 Å². The summed E-state index contributed by atoms with van der Waals surface area (Å²) in [5.41, 5.74) is 0.162. The zero-order valence-electron chi connectivity index (χ0n) is 13.7. The van der Waals surface area contributed by atoms with E-state index in [0.717, 1.165) is 11.3 Å². The van der Waals surface area contributed by atoms with Crippen LogP contribution in [0.1, 0.15) is 18.4 Å². The van der Waals surface area contributed by atoms with Crippen LogP contribution in [-0.4, -0.2) is 41.2 Å². The van der Waals surface area contributed by atoms with Gasteiger partial charge in [-0.3, -0.25) is 4.79 Å². The number of nitrogens with zero attached hydrogens (tertiary/aromatic N) is 1. The lowest BCUT2D eigenvalue weighted by atomic mass is 9.92. The molecular formula is C20H23NO3. The van der Waals surface area contributed by atoms with E-state index in [-0.39, 0.29) is 12.5 Å². The largest absolute Gasteiger partial charge is 0.491 e. The number of carbonyl (C=O) groups is 1. The highest BCUT2D eigenvalue weighted by Crippen LogP contribution is 2.24. The van der Waals surface area contributed by atoms with Gasteiger partial charge in [0.2, 0.25) is 5.91 Å². The Morgan fingerprint density at radius 1 is 1.00 bits per heavy atom. The molecule has 3 rings (SSSR count). The number of amides is 1. The quantitative estimate of drug-likeness (QED) is 0.919. The molecule has 1 aliphatic heterocycles. The first-order chi connectivity index (χ1) is 11.6. The number of aliphatic hydroxyl groups is 1. The molecule has 1 amide bonds. The van der Waals surface area contributed by atoms with Crippen LogP contribution in [0.15, 0.2) is 60.7 Å². The van der Waals surface area contributed by atoms with Crippen LogP contribution in [0.5, 0.6) is 5.75 Å². The normalized spacial score (nSPS) is 16.6. The van der Waals surface area contributed by atoms with Crippen molar-refractivity contribution >= 4 is 5.91 Å². The third-order valence-electron chi connectivity index (χ3n) is 4.50. The van der Waals surface area contributed by atoms with Crippen LogP contribution >= 0.6 is 0 Å². The maximum absolute atomic E-state index is 12.4. The smallest absolute Gasteiger partial charge is 0.226 e. The number of hydrogen-bond donors (Lipinski definition) is 1. The summed E-state index contributed by atoms with van der Waals surface area (Å²) in [6.07, 6.45) is 1.50. The van der Waals surface area contributed by atoms with E-state index in [2.05, 4.69) is 0 Å². The summed E-state index contributed by atoms with van der Waals surface area (Å²) in [6, 6.07) is 19.3. The van der Waals surface area contributed by atoms with Crippen LogP contribution in [0.2, 0.25) is 0 Å². The number of benzene rings is 2. The molecule has 1 saturated heterocycles. The highest BCUT2D eigenvalue weighted by atomic mass is 16.5. The maximum Gasteiger partial charge on any atom is 0.226 e. The predicted molar refractivity (Wildman–Crippen MR) is 92.8 cm³/mol. The first-order valence-electron chi connectivity index (χ1n) is 8.37. The van der Waals surface area contributed by atoms with Gasteiger partial charge in [-0.2, -0.15) is 0 Å². The highest BCUT2D eigenvalue weighted by molar-refractivity contribution is 5.78. The molecule has 0 atom stereocenters. The first-order valence-corrected chi connectivity index (χ1v) is 8.37. The van der Waals surface area contributed by atoms with Crippen molar-refractivity contribution in [3.8, 4) is 5.75 Å². The SMILES string of the molecule is O=C(Cc1ccccc1)N1CCC(O)(COc2ccccc2)CC1. The predicted octanol–water partition coefficient (Wildman–Crippen LogP) is 2.66. The third-order valence-corrected chi connectivity index (χ3v) is 4.50. The van der Waals surface area contributed by atoms with E-state index < -0.39 is 5.60 Å². The van der Waals surface area contributed by atoms with Crippen molar-refractivity contribution in [1.29, 1.82) is 0 Å². The zero-order chi connectivity index (χ0) is 16.8. The van der Waals surface area contributed by atoms with Gasteiger partial charge in [0.15, 0.2) is 0 Å². The number of likely N-dealkylation sites (tertiary alicyclic amines) is 1. The molecule has 0 bridgehead atoms. The molecule has 0 aliphatic carbocycles. The van der Waals surface area contributed by atoms with Gasteiger partial charge in [0.25, 0.3) is 0 Å². The Morgan fingerprint density at radius 2 is 1.58 bits per heavy atom. The monoisotopic (exact) mass is 325 g/mol. The summed E-state index contributed by atoms with van der Waals surface area (Å²) in [4.78, 5) is 14.2. The minimum Gasteiger partial charge on any atom is -0.491 e. The standard InChI is InChI=1S/C20H23NO3/c22-19(15-17-7-3-1-4-8-17)21-13-11-20(23,12-14-21)16-24-18-9-5-2-6-10-18/h1-10,23H,11-16H2. The molecule has 24 heavy (non-hydrogen) atoms. The molecule has 2 aromatic carbocycles. The molecule has 0 saturated carbocycles. The van der Waals surface area contributed by atoms with Gasteiger partial charge < -0.3 is 14.7 Å². The fourth-order valence-electron chi connectivity index (χ4n) is 2.93. The van der Waals surface area contributed by atoms with E-state index in [0.29, 0.717) is 32.4 Å². The number of carbonyl (C=O) groups excluding carboxylic acids is 1. The second-order valence-corrected chi connectivity index (χ2v) is 6.37. The summed E-state index contributed by atoms with van der Waals surface area (Å²) in [7, 11) is 0. The van der Waals surface area contributed by atoms with Gasteiger partial charge in [0.1, 0.15) is 18.0 Å². The number of para-hydroxylation sites is 1. The van der Waals surface area contributed by atoms with Gasteiger partial charge in [0, 0.05) is 13.1 Å². The van der Waals surface area contributed by atoms with Gasteiger partial charge in [0.05, 0.1) is 6.42 Å². The summed E-state index contributed by atoms with van der Waals surface area (Å²) in [5, 5.41) is 10.7. The molecule has 0 aromatic heterocycles. The summed E-state index contributed by atoms with van der Waals surface area (Å²) in [6.45, 7) is 1.40. The Labute approximate surface area is 142 Å².